The number of carbonyl (C=O) groups excluding carboxylic acids is 1. The number of methoxy groups -OCH3 is 1. The zero-order valence-corrected chi connectivity index (χ0v) is 21.6. The lowest BCUT2D eigenvalue weighted by Crippen LogP contribution is -2.31. The lowest BCUT2D eigenvalue weighted by Gasteiger charge is -2.36. The van der Waals surface area contributed by atoms with E-state index in [4.69, 9.17) is 14.2 Å². The third-order valence-electron chi connectivity index (χ3n) is 7.10. The van der Waals surface area contributed by atoms with E-state index in [0.29, 0.717) is 25.4 Å². The molecule has 0 fully saturated rings. The van der Waals surface area contributed by atoms with Crippen LogP contribution in [0.15, 0.2) is 109 Å². The van der Waals surface area contributed by atoms with E-state index < -0.39 is 0 Å². The van der Waals surface area contributed by atoms with Gasteiger partial charge < -0.3 is 14.2 Å². The molecule has 4 nitrogen and oxygen atoms in total. The molecule has 0 spiro atoms. The van der Waals surface area contributed by atoms with Crippen molar-refractivity contribution >= 4 is 12.0 Å². The molecule has 0 heterocycles. The number of hydrogen-bond donors (Lipinski definition) is 0. The summed E-state index contributed by atoms with van der Waals surface area (Å²) in [5.74, 6) is -0.340. The minimum Gasteiger partial charge on any atom is -0.460 e. The molecule has 0 amide bonds. The zero-order chi connectivity index (χ0) is 26.2. The van der Waals surface area contributed by atoms with Crippen molar-refractivity contribution in [3.63, 3.8) is 0 Å². The van der Waals surface area contributed by atoms with Gasteiger partial charge in [0, 0.05) is 12.5 Å². The Balaban J connectivity index is 1.55. The van der Waals surface area contributed by atoms with E-state index in [1.54, 1.807) is 7.11 Å². The molecule has 0 aromatic heterocycles. The Hall–Kier alpha value is -3.99. The van der Waals surface area contributed by atoms with Crippen molar-refractivity contribution in [2.45, 2.75) is 11.8 Å². The Kier molecular flexibility index (Phi) is 8.12. The molecule has 1 aliphatic rings. The molecular weight excluding hydrogens is 472 g/mol. The molecule has 38 heavy (non-hydrogen) atoms. The van der Waals surface area contributed by atoms with Gasteiger partial charge in [-0.25, -0.2) is 4.79 Å². The predicted molar refractivity (Wildman–Crippen MR) is 151 cm³/mol. The highest BCUT2D eigenvalue weighted by Crippen LogP contribution is 2.43. The Morgan fingerprint density at radius 1 is 0.737 bits per heavy atom. The molecule has 1 aliphatic carbocycles. The summed E-state index contributed by atoms with van der Waals surface area (Å²) in [4.78, 5) is 13.6. The molecule has 4 aromatic rings. The number of benzene rings is 4. The van der Waals surface area contributed by atoms with Crippen molar-refractivity contribution in [3.05, 3.63) is 137 Å². The standard InChI is InChI=1S/C34H32O4/c1-36-21-22-37-23-24-38-33(35)32-30(26-11-5-2-6-12-26)18-17-27-25-34(20-19-31(27)32,28-13-7-3-8-14-28)29-15-9-4-10-16-29/h2-20H,21-25H2,1H3. The van der Waals surface area contributed by atoms with E-state index in [0.717, 1.165) is 28.7 Å². The van der Waals surface area contributed by atoms with Gasteiger partial charge in [-0.1, -0.05) is 115 Å². The summed E-state index contributed by atoms with van der Waals surface area (Å²) in [6, 6.07) is 35.4. The first-order chi connectivity index (χ1) is 18.7. The Bertz CT molecular complexity index is 1340. The highest BCUT2D eigenvalue weighted by atomic mass is 16.6. The molecule has 4 heteroatoms. The SMILES string of the molecule is COCCOCCOC(=O)c1c(-c2ccccc2)ccc2c1C=CC(c1ccccc1)(c1ccccc1)C2. The average Bonchev–Trinajstić information content (AvgIpc) is 2.99. The van der Waals surface area contributed by atoms with Crippen molar-refractivity contribution in [1.82, 2.24) is 0 Å². The second-order valence-electron chi connectivity index (χ2n) is 9.38. The lowest BCUT2D eigenvalue weighted by molar-refractivity contribution is 0.0214. The second-order valence-corrected chi connectivity index (χ2v) is 9.38. The van der Waals surface area contributed by atoms with E-state index >= 15 is 0 Å². The molecule has 0 atom stereocenters. The first-order valence-corrected chi connectivity index (χ1v) is 13.0. The summed E-state index contributed by atoms with van der Waals surface area (Å²) >= 11 is 0. The smallest absolute Gasteiger partial charge is 0.339 e. The summed E-state index contributed by atoms with van der Waals surface area (Å²) in [5.41, 5.74) is 6.58. The third-order valence-corrected chi connectivity index (χ3v) is 7.10. The number of carbonyl (C=O) groups is 1. The summed E-state index contributed by atoms with van der Waals surface area (Å²) < 4.78 is 16.2. The predicted octanol–water partition coefficient (Wildman–Crippen LogP) is 6.73. The Morgan fingerprint density at radius 2 is 1.34 bits per heavy atom. The maximum Gasteiger partial charge on any atom is 0.339 e. The van der Waals surface area contributed by atoms with Gasteiger partial charge in [0.25, 0.3) is 0 Å². The van der Waals surface area contributed by atoms with Crippen LogP contribution in [0.2, 0.25) is 0 Å². The van der Waals surface area contributed by atoms with Crippen LogP contribution in [0.4, 0.5) is 0 Å². The maximum absolute atomic E-state index is 13.6. The Morgan fingerprint density at radius 3 is 1.97 bits per heavy atom. The molecule has 0 radical (unpaired) electrons. The molecule has 0 N–H and O–H groups in total. The summed E-state index contributed by atoms with van der Waals surface area (Å²) in [6.45, 7) is 1.48. The van der Waals surface area contributed by atoms with Crippen molar-refractivity contribution in [1.29, 1.82) is 0 Å². The van der Waals surface area contributed by atoms with Crippen LogP contribution in [-0.2, 0) is 26.0 Å². The van der Waals surface area contributed by atoms with Gasteiger partial charge in [-0.2, -0.15) is 0 Å². The second kappa shape index (κ2) is 12.0. The van der Waals surface area contributed by atoms with Crippen LogP contribution in [0.5, 0.6) is 0 Å². The van der Waals surface area contributed by atoms with Gasteiger partial charge in [0.1, 0.15) is 6.61 Å². The number of hydrogen-bond acceptors (Lipinski definition) is 4. The van der Waals surface area contributed by atoms with Crippen molar-refractivity contribution < 1.29 is 19.0 Å². The van der Waals surface area contributed by atoms with Crippen molar-refractivity contribution in [2.24, 2.45) is 0 Å². The van der Waals surface area contributed by atoms with Gasteiger partial charge in [-0.3, -0.25) is 0 Å². The van der Waals surface area contributed by atoms with Gasteiger partial charge in [0.2, 0.25) is 0 Å². The van der Waals surface area contributed by atoms with Gasteiger partial charge in [0.15, 0.2) is 0 Å². The Labute approximate surface area is 224 Å². The first kappa shape index (κ1) is 25.7. The molecule has 0 saturated heterocycles. The third kappa shape index (κ3) is 5.33. The van der Waals surface area contributed by atoms with E-state index in [1.807, 2.05) is 42.5 Å². The van der Waals surface area contributed by atoms with Gasteiger partial charge in [-0.05, 0) is 39.8 Å². The highest BCUT2D eigenvalue weighted by molar-refractivity contribution is 6.02. The zero-order valence-electron chi connectivity index (χ0n) is 21.6. The number of fused-ring (bicyclic) bond motifs is 1. The van der Waals surface area contributed by atoms with Gasteiger partial charge >= 0.3 is 5.97 Å². The lowest BCUT2D eigenvalue weighted by atomic mass is 9.66. The van der Waals surface area contributed by atoms with Crippen LogP contribution in [0.25, 0.3) is 17.2 Å². The van der Waals surface area contributed by atoms with Crippen molar-refractivity contribution in [3.8, 4) is 11.1 Å². The summed E-state index contributed by atoms with van der Waals surface area (Å²) in [7, 11) is 1.63. The van der Waals surface area contributed by atoms with E-state index in [1.165, 1.54) is 11.1 Å². The molecule has 0 saturated carbocycles. The molecule has 192 valence electrons. The van der Waals surface area contributed by atoms with Crippen molar-refractivity contribution in [2.75, 3.05) is 33.5 Å². The fourth-order valence-electron chi connectivity index (χ4n) is 5.21. The number of ether oxygens (including phenoxy) is 3. The van der Waals surface area contributed by atoms with Crippen LogP contribution < -0.4 is 0 Å². The van der Waals surface area contributed by atoms with E-state index in [-0.39, 0.29) is 18.0 Å². The molecule has 0 unspecified atom stereocenters. The topological polar surface area (TPSA) is 44.8 Å². The normalized spacial score (nSPS) is 13.6. The molecule has 5 rings (SSSR count). The van der Waals surface area contributed by atoms with Crippen LogP contribution >= 0.6 is 0 Å². The number of allylic oxidation sites excluding steroid dienone is 1. The van der Waals surface area contributed by atoms with E-state index in [9.17, 15) is 4.79 Å². The van der Waals surface area contributed by atoms with Gasteiger partial charge in [0.05, 0.1) is 25.4 Å². The molecule has 4 aromatic carbocycles. The van der Waals surface area contributed by atoms with Gasteiger partial charge in [-0.15, -0.1) is 0 Å². The quantitative estimate of drug-likeness (QED) is 0.177. The summed E-state index contributed by atoms with van der Waals surface area (Å²) in [6.07, 6.45) is 5.10. The molecule has 0 bridgehead atoms. The first-order valence-electron chi connectivity index (χ1n) is 13.0. The fourth-order valence-corrected chi connectivity index (χ4v) is 5.21. The van der Waals surface area contributed by atoms with Crippen LogP contribution in [0, 0.1) is 0 Å². The van der Waals surface area contributed by atoms with Crippen LogP contribution in [0.3, 0.4) is 0 Å². The molecule has 0 aliphatic heterocycles. The highest BCUT2D eigenvalue weighted by Gasteiger charge is 2.36. The van der Waals surface area contributed by atoms with Crippen LogP contribution in [0.1, 0.15) is 32.6 Å². The minimum atomic E-state index is -0.340. The minimum absolute atomic E-state index is 0.183. The largest absolute Gasteiger partial charge is 0.460 e. The summed E-state index contributed by atoms with van der Waals surface area (Å²) in [5, 5.41) is 0. The van der Waals surface area contributed by atoms with E-state index in [2.05, 4.69) is 72.8 Å². The monoisotopic (exact) mass is 504 g/mol. The maximum atomic E-state index is 13.6. The number of rotatable bonds is 10. The van der Waals surface area contributed by atoms with Crippen LogP contribution in [-0.4, -0.2) is 39.5 Å². The average molecular weight is 505 g/mol. The number of esters is 1. The molecular formula is C34H32O4. The fraction of sp³-hybridized carbons (Fsp3) is 0.206.